The largest absolute Gasteiger partial charge is 0.495 e. The summed E-state index contributed by atoms with van der Waals surface area (Å²) in [7, 11) is 1.62. The number of carbonyl (C=O) groups is 1. The van der Waals surface area contributed by atoms with Gasteiger partial charge in [0.2, 0.25) is 5.91 Å². The van der Waals surface area contributed by atoms with E-state index in [0.717, 1.165) is 49.5 Å². The number of ether oxygens (including phenoxy) is 1. The number of amides is 1. The van der Waals surface area contributed by atoms with Gasteiger partial charge in [-0.3, -0.25) is 9.69 Å². The number of aryl methyl sites for hydroxylation is 1. The fraction of sp³-hybridized carbons (Fsp3) is 0.364. The molecule has 3 aromatic rings. The molecular formula is C22H26N4O2. The minimum absolute atomic E-state index is 0.0319. The molecule has 1 aliphatic rings. The summed E-state index contributed by atoms with van der Waals surface area (Å²) in [5.41, 5.74) is 3.98. The summed E-state index contributed by atoms with van der Waals surface area (Å²) in [6.45, 7) is 4.71. The molecule has 6 heteroatoms. The van der Waals surface area contributed by atoms with Gasteiger partial charge in [-0.25, -0.2) is 4.98 Å². The monoisotopic (exact) mass is 378 g/mol. The standard InChI is InChI=1S/C22H26N4O2/c1-16-6-5-9-21-23-18(15-26(16)21)14-25-12-10-17(11-13-25)22(27)24-19-7-3-4-8-20(19)28-2/h3-9,15,17H,10-14H2,1-2H3,(H,24,27). The van der Waals surface area contributed by atoms with Crippen molar-refractivity contribution in [1.29, 1.82) is 0 Å². The van der Waals surface area contributed by atoms with Crippen molar-refractivity contribution >= 4 is 17.2 Å². The van der Waals surface area contributed by atoms with Gasteiger partial charge in [0.25, 0.3) is 0 Å². The fourth-order valence-corrected chi connectivity index (χ4v) is 3.84. The number of nitrogens with zero attached hydrogens (tertiary/aromatic N) is 3. The van der Waals surface area contributed by atoms with Gasteiger partial charge in [-0.1, -0.05) is 18.2 Å². The van der Waals surface area contributed by atoms with Crippen molar-refractivity contribution < 1.29 is 9.53 Å². The first-order valence-electron chi connectivity index (χ1n) is 9.74. The van der Waals surface area contributed by atoms with Crippen LogP contribution < -0.4 is 10.1 Å². The lowest BCUT2D eigenvalue weighted by atomic mass is 9.95. The smallest absolute Gasteiger partial charge is 0.227 e. The second-order valence-corrected chi connectivity index (χ2v) is 7.37. The van der Waals surface area contributed by atoms with Crippen LogP contribution in [-0.4, -0.2) is 40.4 Å². The van der Waals surface area contributed by atoms with Gasteiger partial charge in [0, 0.05) is 24.4 Å². The average molecular weight is 378 g/mol. The van der Waals surface area contributed by atoms with E-state index in [1.807, 2.05) is 36.4 Å². The van der Waals surface area contributed by atoms with Crippen molar-refractivity contribution in [2.45, 2.75) is 26.3 Å². The third kappa shape index (κ3) is 3.87. The number of anilines is 1. The Bertz CT molecular complexity index is 974. The van der Waals surface area contributed by atoms with Crippen molar-refractivity contribution in [3.05, 3.63) is 60.0 Å². The van der Waals surface area contributed by atoms with E-state index >= 15 is 0 Å². The molecule has 2 aromatic heterocycles. The number of nitrogens with one attached hydrogen (secondary N) is 1. The SMILES string of the molecule is COc1ccccc1NC(=O)C1CCN(Cc2cn3c(C)cccc3n2)CC1. The maximum absolute atomic E-state index is 12.7. The van der Waals surface area contributed by atoms with Crippen LogP contribution in [0.4, 0.5) is 5.69 Å². The number of rotatable bonds is 5. The van der Waals surface area contributed by atoms with Gasteiger partial charge in [0.15, 0.2) is 0 Å². The summed E-state index contributed by atoms with van der Waals surface area (Å²) < 4.78 is 7.45. The zero-order valence-corrected chi connectivity index (χ0v) is 16.4. The van der Waals surface area contributed by atoms with Crippen molar-refractivity contribution in [1.82, 2.24) is 14.3 Å². The number of hydrogen-bond donors (Lipinski definition) is 1. The van der Waals surface area contributed by atoms with Crippen LogP contribution in [0.3, 0.4) is 0 Å². The van der Waals surface area contributed by atoms with Gasteiger partial charge in [-0.05, 0) is 57.1 Å². The van der Waals surface area contributed by atoms with Gasteiger partial charge in [-0.15, -0.1) is 0 Å². The Morgan fingerprint density at radius 3 is 2.71 bits per heavy atom. The van der Waals surface area contributed by atoms with Crippen LogP contribution in [0.5, 0.6) is 5.75 Å². The van der Waals surface area contributed by atoms with E-state index in [9.17, 15) is 4.79 Å². The first-order chi connectivity index (χ1) is 13.6. The summed E-state index contributed by atoms with van der Waals surface area (Å²) in [5, 5.41) is 3.02. The predicted octanol–water partition coefficient (Wildman–Crippen LogP) is 3.50. The minimum Gasteiger partial charge on any atom is -0.495 e. The quantitative estimate of drug-likeness (QED) is 0.738. The van der Waals surface area contributed by atoms with E-state index in [0.29, 0.717) is 5.75 Å². The van der Waals surface area contributed by atoms with E-state index in [-0.39, 0.29) is 11.8 Å². The molecule has 3 heterocycles. The molecule has 0 spiro atoms. The van der Waals surface area contributed by atoms with Gasteiger partial charge in [0.05, 0.1) is 18.5 Å². The number of para-hydroxylation sites is 2. The van der Waals surface area contributed by atoms with Crippen molar-refractivity contribution in [3.63, 3.8) is 0 Å². The number of benzene rings is 1. The molecule has 0 atom stereocenters. The number of pyridine rings is 1. The lowest BCUT2D eigenvalue weighted by Gasteiger charge is -2.30. The summed E-state index contributed by atoms with van der Waals surface area (Å²) in [6, 6.07) is 13.7. The first-order valence-corrected chi connectivity index (χ1v) is 9.74. The predicted molar refractivity (Wildman–Crippen MR) is 110 cm³/mol. The zero-order valence-electron chi connectivity index (χ0n) is 16.4. The number of aromatic nitrogens is 2. The highest BCUT2D eigenvalue weighted by atomic mass is 16.5. The minimum atomic E-state index is 0.0319. The molecule has 1 amide bonds. The zero-order chi connectivity index (χ0) is 19.5. The highest BCUT2D eigenvalue weighted by molar-refractivity contribution is 5.94. The third-order valence-electron chi connectivity index (χ3n) is 5.45. The van der Waals surface area contributed by atoms with E-state index in [1.165, 1.54) is 5.69 Å². The summed E-state index contributed by atoms with van der Waals surface area (Å²) in [5.74, 6) is 0.799. The second kappa shape index (κ2) is 8.02. The number of hydrogen-bond acceptors (Lipinski definition) is 4. The van der Waals surface area contributed by atoms with E-state index < -0.39 is 0 Å². The Morgan fingerprint density at radius 1 is 1.18 bits per heavy atom. The molecule has 0 aliphatic carbocycles. The van der Waals surface area contributed by atoms with Crippen LogP contribution in [0, 0.1) is 12.8 Å². The fourth-order valence-electron chi connectivity index (χ4n) is 3.84. The lowest BCUT2D eigenvalue weighted by molar-refractivity contribution is -0.121. The number of methoxy groups -OCH3 is 1. The van der Waals surface area contributed by atoms with Gasteiger partial charge >= 0.3 is 0 Å². The topological polar surface area (TPSA) is 58.9 Å². The second-order valence-electron chi connectivity index (χ2n) is 7.37. The highest BCUT2D eigenvalue weighted by Crippen LogP contribution is 2.26. The molecule has 0 saturated carbocycles. The normalized spacial score (nSPS) is 15.6. The molecule has 6 nitrogen and oxygen atoms in total. The summed E-state index contributed by atoms with van der Waals surface area (Å²) in [6.07, 6.45) is 3.83. The van der Waals surface area contributed by atoms with E-state index in [2.05, 4.69) is 33.8 Å². The number of fused-ring (bicyclic) bond motifs is 1. The van der Waals surface area contributed by atoms with Crippen LogP contribution >= 0.6 is 0 Å². The maximum atomic E-state index is 12.7. The highest BCUT2D eigenvalue weighted by Gasteiger charge is 2.26. The number of likely N-dealkylation sites (tertiary alicyclic amines) is 1. The molecule has 0 radical (unpaired) electrons. The van der Waals surface area contributed by atoms with Crippen LogP contribution in [0.15, 0.2) is 48.7 Å². The Hall–Kier alpha value is -2.86. The van der Waals surface area contributed by atoms with Crippen LogP contribution in [0.25, 0.3) is 5.65 Å². The van der Waals surface area contributed by atoms with Crippen LogP contribution in [0.2, 0.25) is 0 Å². The van der Waals surface area contributed by atoms with Crippen molar-refractivity contribution in [3.8, 4) is 5.75 Å². The van der Waals surface area contributed by atoms with E-state index in [1.54, 1.807) is 7.11 Å². The van der Waals surface area contributed by atoms with Gasteiger partial charge in [0.1, 0.15) is 11.4 Å². The molecule has 1 fully saturated rings. The first kappa shape index (κ1) is 18.5. The Kier molecular flexibility index (Phi) is 5.30. The molecule has 0 bridgehead atoms. The Morgan fingerprint density at radius 2 is 1.96 bits per heavy atom. The van der Waals surface area contributed by atoms with Crippen molar-refractivity contribution in [2.75, 3.05) is 25.5 Å². The maximum Gasteiger partial charge on any atom is 0.227 e. The molecule has 28 heavy (non-hydrogen) atoms. The average Bonchev–Trinajstić information content (AvgIpc) is 3.13. The molecule has 1 aromatic carbocycles. The molecule has 1 saturated heterocycles. The molecular weight excluding hydrogens is 352 g/mol. The van der Waals surface area contributed by atoms with Crippen LogP contribution in [0.1, 0.15) is 24.2 Å². The van der Waals surface area contributed by atoms with Gasteiger partial charge in [-0.2, -0.15) is 0 Å². The molecule has 1 aliphatic heterocycles. The number of carbonyl (C=O) groups excluding carboxylic acids is 1. The van der Waals surface area contributed by atoms with Crippen LogP contribution in [-0.2, 0) is 11.3 Å². The number of piperidine rings is 1. The Labute approximate surface area is 165 Å². The Balaban J connectivity index is 1.33. The number of imidazole rings is 1. The van der Waals surface area contributed by atoms with Gasteiger partial charge < -0.3 is 14.5 Å². The summed E-state index contributed by atoms with van der Waals surface area (Å²) >= 11 is 0. The molecule has 1 N–H and O–H groups in total. The molecule has 4 rings (SSSR count). The summed E-state index contributed by atoms with van der Waals surface area (Å²) in [4.78, 5) is 19.8. The molecule has 0 unspecified atom stereocenters. The lowest BCUT2D eigenvalue weighted by Crippen LogP contribution is -2.37. The van der Waals surface area contributed by atoms with Crippen molar-refractivity contribution in [2.24, 2.45) is 5.92 Å². The third-order valence-corrected chi connectivity index (χ3v) is 5.45. The van der Waals surface area contributed by atoms with E-state index in [4.69, 9.17) is 9.72 Å². The molecule has 146 valence electrons.